The van der Waals surface area contributed by atoms with E-state index in [1.807, 2.05) is 36.4 Å². The maximum Gasteiger partial charge on any atom is 0.220 e. The zero-order valence-electron chi connectivity index (χ0n) is 15.0. The lowest BCUT2D eigenvalue weighted by Gasteiger charge is -2.27. The Balaban J connectivity index is 1.37. The number of hydrogen-bond donors (Lipinski definition) is 1. The molecule has 2 aromatic carbocycles. The van der Waals surface area contributed by atoms with Crippen molar-refractivity contribution in [3.05, 3.63) is 69.6 Å². The van der Waals surface area contributed by atoms with E-state index in [-0.39, 0.29) is 11.9 Å². The van der Waals surface area contributed by atoms with Crippen LogP contribution < -0.4 is 10.1 Å². The number of aromatic nitrogens is 1. The number of oxazole rings is 1. The number of nitrogens with one attached hydrogen (secondary N) is 1. The second-order valence-electron chi connectivity index (χ2n) is 6.54. The highest BCUT2D eigenvalue weighted by Gasteiger charge is 2.23. The Hall–Kier alpha value is -2.31. The number of rotatable bonds is 5. The topological polar surface area (TPSA) is 64.4 Å². The third kappa shape index (κ3) is 4.23. The van der Waals surface area contributed by atoms with Crippen LogP contribution >= 0.6 is 27.5 Å². The second kappa shape index (κ2) is 8.37. The van der Waals surface area contributed by atoms with E-state index in [2.05, 4.69) is 26.2 Å². The van der Waals surface area contributed by atoms with E-state index in [0.717, 1.165) is 27.8 Å². The maximum absolute atomic E-state index is 12.5. The zero-order chi connectivity index (χ0) is 19.5. The maximum atomic E-state index is 12.5. The number of benzene rings is 2. The molecular formula is C21H18BrClN2O3. The summed E-state index contributed by atoms with van der Waals surface area (Å²) in [4.78, 5) is 16.7. The molecule has 0 bridgehead atoms. The van der Waals surface area contributed by atoms with E-state index >= 15 is 0 Å². The van der Waals surface area contributed by atoms with Gasteiger partial charge in [-0.15, -0.1) is 0 Å². The molecule has 0 radical (unpaired) electrons. The zero-order valence-corrected chi connectivity index (χ0v) is 17.3. The van der Waals surface area contributed by atoms with Gasteiger partial charge in [-0.25, -0.2) is 4.98 Å². The first-order chi connectivity index (χ1) is 13.6. The minimum atomic E-state index is -0.0583. The average Bonchev–Trinajstić information content (AvgIpc) is 3.16. The Bertz CT molecular complexity index is 1000. The summed E-state index contributed by atoms with van der Waals surface area (Å²) in [6.07, 6.45) is 3.10. The molecule has 7 heteroatoms. The van der Waals surface area contributed by atoms with E-state index < -0.39 is 0 Å². The van der Waals surface area contributed by atoms with Gasteiger partial charge in [0.1, 0.15) is 5.75 Å². The third-order valence-electron chi connectivity index (χ3n) is 4.61. The van der Waals surface area contributed by atoms with Crippen LogP contribution in [-0.2, 0) is 11.2 Å². The van der Waals surface area contributed by atoms with Gasteiger partial charge in [0.15, 0.2) is 11.7 Å². The standard InChI is InChI=1S/C21H18BrClN2O3/c22-13-5-6-18-15(11-13)17(9-10-27-18)25-20(26)7-8-21-24-12-19(28-21)14-3-1-2-4-16(14)23/h1-6,11-12,17H,7-10H2,(H,25,26). The van der Waals surface area contributed by atoms with Crippen LogP contribution in [0.1, 0.15) is 30.3 Å². The van der Waals surface area contributed by atoms with Crippen molar-refractivity contribution in [3.8, 4) is 17.1 Å². The Kier molecular flexibility index (Phi) is 5.69. The number of fused-ring (bicyclic) bond motifs is 1. The number of ether oxygens (including phenoxy) is 1. The molecule has 2 heterocycles. The molecule has 1 N–H and O–H groups in total. The highest BCUT2D eigenvalue weighted by Crippen LogP contribution is 2.34. The molecule has 28 heavy (non-hydrogen) atoms. The quantitative estimate of drug-likeness (QED) is 0.558. The Morgan fingerprint density at radius 2 is 2.14 bits per heavy atom. The highest BCUT2D eigenvalue weighted by molar-refractivity contribution is 9.10. The van der Waals surface area contributed by atoms with Crippen LogP contribution in [0.4, 0.5) is 0 Å². The summed E-state index contributed by atoms with van der Waals surface area (Å²) >= 11 is 9.66. The van der Waals surface area contributed by atoms with Gasteiger partial charge in [-0.2, -0.15) is 0 Å². The van der Waals surface area contributed by atoms with Crippen molar-refractivity contribution in [2.75, 3.05) is 6.61 Å². The third-order valence-corrected chi connectivity index (χ3v) is 5.43. The molecule has 1 aliphatic heterocycles. The van der Waals surface area contributed by atoms with Gasteiger partial charge in [-0.1, -0.05) is 39.7 Å². The summed E-state index contributed by atoms with van der Waals surface area (Å²) in [6, 6.07) is 13.2. The average molecular weight is 462 g/mol. The monoisotopic (exact) mass is 460 g/mol. The van der Waals surface area contributed by atoms with Crippen LogP contribution in [0.25, 0.3) is 11.3 Å². The smallest absolute Gasteiger partial charge is 0.220 e. The molecule has 1 aliphatic rings. The number of hydrogen-bond acceptors (Lipinski definition) is 4. The first-order valence-electron chi connectivity index (χ1n) is 9.01. The number of aryl methyl sites for hydroxylation is 1. The molecule has 4 rings (SSSR count). The first-order valence-corrected chi connectivity index (χ1v) is 10.2. The summed E-state index contributed by atoms with van der Waals surface area (Å²) in [6.45, 7) is 0.584. The minimum Gasteiger partial charge on any atom is -0.493 e. The lowest BCUT2D eigenvalue weighted by atomic mass is 10.0. The van der Waals surface area contributed by atoms with Crippen molar-refractivity contribution in [3.63, 3.8) is 0 Å². The van der Waals surface area contributed by atoms with Gasteiger partial charge in [0.25, 0.3) is 0 Å². The molecule has 0 saturated carbocycles. The number of carbonyl (C=O) groups excluding carboxylic acids is 1. The summed E-state index contributed by atoms with van der Waals surface area (Å²) in [5, 5.41) is 3.69. The largest absolute Gasteiger partial charge is 0.493 e. The number of nitrogens with zero attached hydrogens (tertiary/aromatic N) is 1. The number of carbonyl (C=O) groups is 1. The van der Waals surface area contributed by atoms with Crippen molar-refractivity contribution in [1.82, 2.24) is 10.3 Å². The summed E-state index contributed by atoms with van der Waals surface area (Å²) in [5.74, 6) is 1.89. The van der Waals surface area contributed by atoms with Crippen LogP contribution in [0, 0.1) is 0 Å². The molecule has 0 saturated heterocycles. The van der Waals surface area contributed by atoms with Crippen molar-refractivity contribution in [2.45, 2.75) is 25.3 Å². The fraction of sp³-hybridized carbons (Fsp3) is 0.238. The van der Waals surface area contributed by atoms with Crippen LogP contribution in [0.15, 0.2) is 57.6 Å². The summed E-state index contributed by atoms with van der Waals surface area (Å²) in [7, 11) is 0. The van der Waals surface area contributed by atoms with E-state index in [1.54, 1.807) is 12.3 Å². The lowest BCUT2D eigenvalue weighted by molar-refractivity contribution is -0.122. The van der Waals surface area contributed by atoms with Gasteiger partial charge in [0.2, 0.25) is 5.91 Å². The van der Waals surface area contributed by atoms with Crippen molar-refractivity contribution < 1.29 is 13.9 Å². The predicted octanol–water partition coefficient (Wildman–Crippen LogP) is 5.33. The van der Waals surface area contributed by atoms with Crippen molar-refractivity contribution in [2.24, 2.45) is 0 Å². The van der Waals surface area contributed by atoms with E-state index in [1.165, 1.54) is 0 Å². The molecule has 0 spiro atoms. The molecule has 3 aromatic rings. The molecule has 1 unspecified atom stereocenters. The van der Waals surface area contributed by atoms with E-state index in [0.29, 0.717) is 36.1 Å². The Morgan fingerprint density at radius 1 is 1.29 bits per heavy atom. The Labute approximate surface area is 176 Å². The van der Waals surface area contributed by atoms with Crippen LogP contribution in [0.2, 0.25) is 5.02 Å². The van der Waals surface area contributed by atoms with Gasteiger partial charge in [0, 0.05) is 34.9 Å². The van der Waals surface area contributed by atoms with Crippen LogP contribution in [-0.4, -0.2) is 17.5 Å². The molecule has 1 amide bonds. The molecule has 1 atom stereocenters. The lowest BCUT2D eigenvalue weighted by Crippen LogP contribution is -2.32. The molecule has 1 aromatic heterocycles. The number of halogens is 2. The van der Waals surface area contributed by atoms with Crippen molar-refractivity contribution >= 4 is 33.4 Å². The predicted molar refractivity (Wildman–Crippen MR) is 110 cm³/mol. The molecule has 0 aliphatic carbocycles. The summed E-state index contributed by atoms with van der Waals surface area (Å²) in [5.41, 5.74) is 1.78. The van der Waals surface area contributed by atoms with E-state index in [9.17, 15) is 4.79 Å². The first kappa shape index (κ1) is 19.0. The molecule has 0 fully saturated rings. The summed E-state index contributed by atoms with van der Waals surface area (Å²) < 4.78 is 12.4. The number of amides is 1. The Morgan fingerprint density at radius 3 is 3.00 bits per heavy atom. The van der Waals surface area contributed by atoms with Crippen LogP contribution in [0.3, 0.4) is 0 Å². The SMILES string of the molecule is O=C(CCc1ncc(-c2ccccc2Cl)o1)NC1CCOc2ccc(Br)cc21. The van der Waals surface area contributed by atoms with Gasteiger partial charge in [-0.05, 0) is 30.3 Å². The van der Waals surface area contributed by atoms with Gasteiger partial charge in [0.05, 0.1) is 23.9 Å². The van der Waals surface area contributed by atoms with E-state index in [4.69, 9.17) is 20.8 Å². The second-order valence-corrected chi connectivity index (χ2v) is 7.86. The highest BCUT2D eigenvalue weighted by atomic mass is 79.9. The molecular weight excluding hydrogens is 444 g/mol. The van der Waals surface area contributed by atoms with Gasteiger partial charge in [-0.3, -0.25) is 4.79 Å². The normalized spacial score (nSPS) is 15.6. The van der Waals surface area contributed by atoms with Gasteiger partial charge < -0.3 is 14.5 Å². The van der Waals surface area contributed by atoms with Crippen molar-refractivity contribution in [1.29, 1.82) is 0 Å². The van der Waals surface area contributed by atoms with Gasteiger partial charge >= 0.3 is 0 Å². The minimum absolute atomic E-state index is 0.0460. The molecule has 144 valence electrons. The molecule has 5 nitrogen and oxygen atoms in total. The fourth-order valence-electron chi connectivity index (χ4n) is 3.21. The fourth-order valence-corrected chi connectivity index (χ4v) is 3.82. The van der Waals surface area contributed by atoms with Crippen LogP contribution in [0.5, 0.6) is 5.75 Å².